The highest BCUT2D eigenvalue weighted by Crippen LogP contribution is 2.21. The van der Waals surface area contributed by atoms with E-state index >= 15 is 0 Å². The highest BCUT2D eigenvalue weighted by Gasteiger charge is 2.14. The third-order valence-corrected chi connectivity index (χ3v) is 5.88. The number of fused-ring (bicyclic) bond motifs is 1. The first-order valence-electron chi connectivity index (χ1n) is 10.8. The molecule has 0 aliphatic rings. The number of carbonyl (C=O) groups excluding carboxylic acids is 2. The van der Waals surface area contributed by atoms with Crippen molar-refractivity contribution >= 4 is 34.1 Å². The number of aromatic amines is 1. The van der Waals surface area contributed by atoms with E-state index in [2.05, 4.69) is 15.1 Å². The standard InChI is InChI=1S/C27H21ClN4O2/c1-17-9-18(7-8-29-17)10-26(33)20-3-2-4-23(13-20)32-16-19(15-30-32)11-27(34)25-14-21-12-22(28)5-6-24(21)31-25/h2-9,12-16,31H,10-11H2,1H3. The molecule has 0 saturated heterocycles. The molecule has 0 unspecified atom stereocenters. The van der Waals surface area contributed by atoms with Gasteiger partial charge in [-0.15, -0.1) is 0 Å². The number of aromatic nitrogens is 4. The van der Waals surface area contributed by atoms with Gasteiger partial charge in [-0.05, 0) is 66.6 Å². The Bertz CT molecular complexity index is 1530. The number of hydrogen-bond acceptors (Lipinski definition) is 4. The molecular formula is C27H21ClN4O2. The molecule has 6 nitrogen and oxygen atoms in total. The van der Waals surface area contributed by atoms with Crippen LogP contribution in [0.4, 0.5) is 0 Å². The van der Waals surface area contributed by atoms with Gasteiger partial charge in [0, 0.05) is 52.4 Å². The van der Waals surface area contributed by atoms with E-state index in [9.17, 15) is 9.59 Å². The number of ketones is 2. The van der Waals surface area contributed by atoms with Crippen LogP contribution >= 0.6 is 11.6 Å². The summed E-state index contributed by atoms with van der Waals surface area (Å²) in [6.45, 7) is 1.91. The fourth-order valence-electron chi connectivity index (χ4n) is 3.95. The van der Waals surface area contributed by atoms with Gasteiger partial charge in [0.2, 0.25) is 0 Å². The Morgan fingerprint density at radius 2 is 1.82 bits per heavy atom. The first kappa shape index (κ1) is 21.8. The van der Waals surface area contributed by atoms with E-state index in [0.29, 0.717) is 22.7 Å². The topological polar surface area (TPSA) is 80.6 Å². The average molecular weight is 469 g/mol. The van der Waals surface area contributed by atoms with Crippen molar-refractivity contribution in [1.82, 2.24) is 19.7 Å². The summed E-state index contributed by atoms with van der Waals surface area (Å²) in [4.78, 5) is 32.9. The van der Waals surface area contributed by atoms with Crippen LogP contribution in [-0.4, -0.2) is 31.3 Å². The van der Waals surface area contributed by atoms with Gasteiger partial charge >= 0.3 is 0 Å². The van der Waals surface area contributed by atoms with Gasteiger partial charge in [-0.25, -0.2) is 4.68 Å². The largest absolute Gasteiger partial charge is 0.352 e. The van der Waals surface area contributed by atoms with Gasteiger partial charge in [-0.2, -0.15) is 5.10 Å². The van der Waals surface area contributed by atoms with E-state index in [1.54, 1.807) is 29.2 Å². The minimum absolute atomic E-state index is 0.0221. The van der Waals surface area contributed by atoms with E-state index in [0.717, 1.165) is 33.4 Å². The number of aryl methyl sites for hydroxylation is 1. The second kappa shape index (κ2) is 9.08. The zero-order chi connectivity index (χ0) is 23.7. The summed E-state index contributed by atoms with van der Waals surface area (Å²) in [5.41, 5.74) is 5.37. The summed E-state index contributed by atoms with van der Waals surface area (Å²) in [7, 11) is 0. The van der Waals surface area contributed by atoms with Gasteiger partial charge < -0.3 is 4.98 Å². The Morgan fingerprint density at radius 3 is 2.68 bits per heavy atom. The van der Waals surface area contributed by atoms with Crippen molar-refractivity contribution in [3.63, 3.8) is 0 Å². The summed E-state index contributed by atoms with van der Waals surface area (Å²) in [5, 5.41) is 5.93. The van der Waals surface area contributed by atoms with E-state index in [4.69, 9.17) is 11.6 Å². The molecule has 0 bridgehead atoms. The molecule has 168 valence electrons. The fourth-order valence-corrected chi connectivity index (χ4v) is 4.13. The minimum Gasteiger partial charge on any atom is -0.352 e. The predicted octanol–water partition coefficient (Wildman–Crippen LogP) is 5.56. The molecule has 3 aromatic heterocycles. The van der Waals surface area contributed by atoms with Gasteiger partial charge in [0.15, 0.2) is 11.6 Å². The number of nitrogens with zero attached hydrogens (tertiary/aromatic N) is 3. The lowest BCUT2D eigenvalue weighted by atomic mass is 10.0. The normalized spacial score (nSPS) is 11.1. The molecule has 0 aliphatic heterocycles. The summed E-state index contributed by atoms with van der Waals surface area (Å²) in [5.74, 6) is -0.0163. The monoisotopic (exact) mass is 468 g/mol. The quantitative estimate of drug-likeness (QED) is 0.317. The van der Waals surface area contributed by atoms with Crippen LogP contribution in [0.1, 0.15) is 37.7 Å². The summed E-state index contributed by atoms with van der Waals surface area (Å²) >= 11 is 6.04. The molecule has 0 saturated carbocycles. The number of pyridine rings is 1. The summed E-state index contributed by atoms with van der Waals surface area (Å²) in [6, 6.07) is 18.4. The van der Waals surface area contributed by atoms with Crippen LogP contribution in [0.2, 0.25) is 5.02 Å². The Labute approximate surface area is 201 Å². The number of nitrogens with one attached hydrogen (secondary N) is 1. The molecule has 3 heterocycles. The summed E-state index contributed by atoms with van der Waals surface area (Å²) in [6.07, 6.45) is 5.72. The molecule has 34 heavy (non-hydrogen) atoms. The SMILES string of the molecule is Cc1cc(CC(=O)c2cccc(-n3cc(CC(=O)c4cc5cc(Cl)ccc5[nH]4)cn3)c2)ccn1. The summed E-state index contributed by atoms with van der Waals surface area (Å²) < 4.78 is 1.68. The van der Waals surface area contributed by atoms with Crippen LogP contribution < -0.4 is 0 Å². The Morgan fingerprint density at radius 1 is 0.971 bits per heavy atom. The zero-order valence-corrected chi connectivity index (χ0v) is 19.2. The van der Waals surface area contributed by atoms with Crippen molar-refractivity contribution in [1.29, 1.82) is 0 Å². The molecule has 0 spiro atoms. The molecular weight excluding hydrogens is 448 g/mol. The molecule has 5 rings (SSSR count). The van der Waals surface area contributed by atoms with E-state index in [-0.39, 0.29) is 18.0 Å². The van der Waals surface area contributed by atoms with Crippen molar-refractivity contribution in [3.05, 3.63) is 112 Å². The molecule has 7 heteroatoms. The van der Waals surface area contributed by atoms with Crippen LogP contribution in [-0.2, 0) is 12.8 Å². The second-order valence-electron chi connectivity index (χ2n) is 8.26. The number of Topliss-reactive ketones (excluding diaryl/α,β-unsaturated/α-hetero) is 2. The molecule has 0 atom stereocenters. The molecule has 0 radical (unpaired) electrons. The lowest BCUT2D eigenvalue weighted by Crippen LogP contribution is -2.05. The van der Waals surface area contributed by atoms with Crippen LogP contribution in [0.5, 0.6) is 0 Å². The maximum Gasteiger partial charge on any atom is 0.183 e. The van der Waals surface area contributed by atoms with Gasteiger partial charge in [-0.1, -0.05) is 23.7 Å². The number of rotatable bonds is 7. The van der Waals surface area contributed by atoms with Crippen LogP contribution in [0.25, 0.3) is 16.6 Å². The van der Waals surface area contributed by atoms with E-state index < -0.39 is 0 Å². The fraction of sp³-hybridized carbons (Fsp3) is 0.111. The highest BCUT2D eigenvalue weighted by atomic mass is 35.5. The Balaban J connectivity index is 1.31. The molecule has 5 aromatic rings. The molecule has 2 aromatic carbocycles. The van der Waals surface area contributed by atoms with Gasteiger partial charge in [0.05, 0.1) is 17.6 Å². The third kappa shape index (κ3) is 4.67. The third-order valence-electron chi connectivity index (χ3n) is 5.64. The number of hydrogen-bond donors (Lipinski definition) is 1. The van der Waals surface area contributed by atoms with Crippen LogP contribution in [0, 0.1) is 6.92 Å². The van der Waals surface area contributed by atoms with Crippen LogP contribution in [0.15, 0.2) is 79.3 Å². The number of carbonyl (C=O) groups is 2. The molecule has 0 aliphatic carbocycles. The van der Waals surface area contributed by atoms with Crippen molar-refractivity contribution in [2.75, 3.05) is 0 Å². The van der Waals surface area contributed by atoms with Crippen molar-refractivity contribution in [3.8, 4) is 5.69 Å². The maximum absolute atomic E-state index is 12.8. The Hall–Kier alpha value is -4.03. The lowest BCUT2D eigenvalue weighted by Gasteiger charge is -2.06. The zero-order valence-electron chi connectivity index (χ0n) is 18.5. The average Bonchev–Trinajstić information content (AvgIpc) is 3.46. The Kier molecular flexibility index (Phi) is 5.82. The van der Waals surface area contributed by atoms with Gasteiger partial charge in [-0.3, -0.25) is 14.6 Å². The van der Waals surface area contributed by atoms with E-state index in [1.165, 1.54) is 0 Å². The molecule has 0 amide bonds. The first-order valence-corrected chi connectivity index (χ1v) is 11.2. The van der Waals surface area contributed by atoms with Crippen LogP contribution in [0.3, 0.4) is 0 Å². The number of H-pyrrole nitrogens is 1. The number of benzene rings is 2. The minimum atomic E-state index is -0.0385. The van der Waals surface area contributed by atoms with Gasteiger partial charge in [0.25, 0.3) is 0 Å². The smallest absolute Gasteiger partial charge is 0.183 e. The lowest BCUT2D eigenvalue weighted by molar-refractivity contribution is 0.0982. The molecule has 0 fully saturated rings. The first-order chi connectivity index (χ1) is 16.4. The second-order valence-corrected chi connectivity index (χ2v) is 8.70. The predicted molar refractivity (Wildman–Crippen MR) is 132 cm³/mol. The highest BCUT2D eigenvalue weighted by molar-refractivity contribution is 6.31. The van der Waals surface area contributed by atoms with Crippen molar-refractivity contribution in [2.24, 2.45) is 0 Å². The van der Waals surface area contributed by atoms with E-state index in [1.807, 2.05) is 61.7 Å². The van der Waals surface area contributed by atoms with Crippen molar-refractivity contribution in [2.45, 2.75) is 19.8 Å². The molecule has 1 N–H and O–H groups in total. The van der Waals surface area contributed by atoms with Gasteiger partial charge in [0.1, 0.15) is 0 Å². The maximum atomic E-state index is 12.8. The van der Waals surface area contributed by atoms with Crippen molar-refractivity contribution < 1.29 is 9.59 Å². The number of halogens is 1.